The molecule has 1 heterocycles. The van der Waals surface area contributed by atoms with E-state index in [-0.39, 0.29) is 20.6 Å². The highest BCUT2D eigenvalue weighted by atomic mass is 35.5. The van der Waals surface area contributed by atoms with Crippen LogP contribution in [0.1, 0.15) is 0 Å². The summed E-state index contributed by atoms with van der Waals surface area (Å²) in [5.74, 6) is -0.529. The maximum absolute atomic E-state index is 13.2. The van der Waals surface area contributed by atoms with Crippen LogP contribution in [-0.4, -0.2) is 25.9 Å². The van der Waals surface area contributed by atoms with Gasteiger partial charge in [0.1, 0.15) is 6.54 Å². The van der Waals surface area contributed by atoms with Crippen molar-refractivity contribution in [2.75, 3.05) is 16.2 Å². The maximum Gasteiger partial charge on any atom is 0.264 e. The van der Waals surface area contributed by atoms with Gasteiger partial charge in [0.15, 0.2) is 0 Å². The molecule has 3 aromatic rings. The summed E-state index contributed by atoms with van der Waals surface area (Å²) in [6.45, 7) is -0.454. The average Bonchev–Trinajstić information content (AvgIpc) is 2.70. The number of pyridine rings is 1. The highest BCUT2D eigenvalue weighted by molar-refractivity contribution is 7.92. The van der Waals surface area contributed by atoms with Crippen molar-refractivity contribution in [2.45, 2.75) is 4.90 Å². The number of nitrogens with zero attached hydrogens (tertiary/aromatic N) is 2. The fraction of sp³-hybridized carbons (Fsp3) is 0.0526. The number of benzene rings is 2. The zero-order valence-corrected chi connectivity index (χ0v) is 16.7. The summed E-state index contributed by atoms with van der Waals surface area (Å²) in [6.07, 6.45) is 3.03. The Bertz CT molecular complexity index is 1080. The van der Waals surface area contributed by atoms with Crippen LogP contribution >= 0.6 is 23.2 Å². The van der Waals surface area contributed by atoms with Gasteiger partial charge in [-0.1, -0.05) is 41.4 Å². The van der Waals surface area contributed by atoms with Gasteiger partial charge in [0.05, 0.1) is 32.5 Å². The summed E-state index contributed by atoms with van der Waals surface area (Å²) in [6, 6.07) is 15.5. The number of anilines is 2. The molecule has 0 bridgehead atoms. The average molecular weight is 436 g/mol. The Morgan fingerprint density at radius 2 is 1.75 bits per heavy atom. The van der Waals surface area contributed by atoms with E-state index in [0.717, 1.165) is 4.31 Å². The molecule has 28 heavy (non-hydrogen) atoms. The van der Waals surface area contributed by atoms with Crippen LogP contribution in [0.5, 0.6) is 0 Å². The second kappa shape index (κ2) is 8.60. The van der Waals surface area contributed by atoms with Gasteiger partial charge in [-0.25, -0.2) is 8.42 Å². The van der Waals surface area contributed by atoms with E-state index in [1.807, 2.05) is 0 Å². The molecular weight excluding hydrogens is 421 g/mol. The molecule has 3 rings (SSSR count). The lowest BCUT2D eigenvalue weighted by Gasteiger charge is -2.24. The summed E-state index contributed by atoms with van der Waals surface area (Å²) in [7, 11) is -4.02. The minimum absolute atomic E-state index is 0.0512. The van der Waals surface area contributed by atoms with E-state index < -0.39 is 22.5 Å². The number of hydrogen-bond acceptors (Lipinski definition) is 4. The predicted molar refractivity (Wildman–Crippen MR) is 110 cm³/mol. The highest BCUT2D eigenvalue weighted by Crippen LogP contribution is 2.30. The molecule has 0 radical (unpaired) electrons. The lowest BCUT2D eigenvalue weighted by Crippen LogP contribution is -2.38. The van der Waals surface area contributed by atoms with E-state index in [4.69, 9.17) is 23.2 Å². The van der Waals surface area contributed by atoms with Gasteiger partial charge in [-0.05, 0) is 42.5 Å². The molecule has 0 saturated carbocycles. The molecule has 1 aromatic heterocycles. The molecule has 0 fully saturated rings. The van der Waals surface area contributed by atoms with Crippen LogP contribution in [0.4, 0.5) is 11.4 Å². The molecule has 0 saturated heterocycles. The van der Waals surface area contributed by atoms with Crippen LogP contribution in [0.15, 0.2) is 78.0 Å². The number of halogens is 2. The van der Waals surface area contributed by atoms with Crippen LogP contribution in [0.2, 0.25) is 10.0 Å². The van der Waals surface area contributed by atoms with Gasteiger partial charge in [-0.2, -0.15) is 0 Å². The monoisotopic (exact) mass is 435 g/mol. The van der Waals surface area contributed by atoms with E-state index in [0.29, 0.717) is 5.69 Å². The highest BCUT2D eigenvalue weighted by Gasteiger charge is 2.27. The van der Waals surface area contributed by atoms with Gasteiger partial charge in [-0.3, -0.25) is 14.1 Å². The molecule has 0 atom stereocenters. The van der Waals surface area contributed by atoms with E-state index in [2.05, 4.69) is 10.3 Å². The van der Waals surface area contributed by atoms with Gasteiger partial charge in [0.25, 0.3) is 10.0 Å². The van der Waals surface area contributed by atoms with E-state index >= 15 is 0 Å². The fourth-order valence-electron chi connectivity index (χ4n) is 2.44. The Kier molecular flexibility index (Phi) is 6.18. The first-order chi connectivity index (χ1) is 13.4. The van der Waals surface area contributed by atoms with Crippen molar-refractivity contribution in [2.24, 2.45) is 0 Å². The molecule has 144 valence electrons. The first-order valence-electron chi connectivity index (χ1n) is 8.10. The van der Waals surface area contributed by atoms with Crippen molar-refractivity contribution in [3.8, 4) is 0 Å². The number of sulfonamides is 1. The summed E-state index contributed by atoms with van der Waals surface area (Å²) in [5.41, 5.74) is 0.679. The molecule has 0 aliphatic rings. The quantitative estimate of drug-likeness (QED) is 0.628. The molecule has 0 aliphatic heterocycles. The minimum atomic E-state index is -4.02. The number of carbonyl (C=O) groups excluding carboxylic acids is 1. The number of hydrogen-bond donors (Lipinski definition) is 1. The number of aromatic nitrogens is 1. The normalized spacial score (nSPS) is 11.1. The second-order valence-electron chi connectivity index (χ2n) is 5.71. The van der Waals surface area contributed by atoms with E-state index in [9.17, 15) is 13.2 Å². The molecular formula is C19H15Cl2N3O3S. The molecule has 0 spiro atoms. The van der Waals surface area contributed by atoms with Crippen molar-refractivity contribution in [1.29, 1.82) is 0 Å². The standard InChI is InChI=1S/C19H15Cl2N3O3S/c20-17-9-8-15(11-18(17)21)24(28(26,27)16-6-2-1-3-7-16)13-19(25)23-14-5-4-10-22-12-14/h1-12H,13H2,(H,23,25). The topological polar surface area (TPSA) is 79.4 Å². The van der Waals surface area contributed by atoms with Gasteiger partial charge >= 0.3 is 0 Å². The summed E-state index contributed by atoms with van der Waals surface area (Å²) >= 11 is 12.0. The largest absolute Gasteiger partial charge is 0.323 e. The SMILES string of the molecule is O=C(CN(c1ccc(Cl)c(Cl)c1)S(=O)(=O)c1ccccc1)Nc1cccnc1. The predicted octanol–water partition coefficient (Wildman–Crippen LogP) is 4.22. The summed E-state index contributed by atoms with van der Waals surface area (Å²) in [4.78, 5) is 16.5. The van der Waals surface area contributed by atoms with Crippen molar-refractivity contribution in [1.82, 2.24) is 4.98 Å². The Morgan fingerprint density at radius 1 is 1.00 bits per heavy atom. The fourth-order valence-corrected chi connectivity index (χ4v) is 4.17. The van der Waals surface area contributed by atoms with Crippen molar-refractivity contribution >= 4 is 50.5 Å². The molecule has 2 aromatic carbocycles. The third-order valence-electron chi connectivity index (χ3n) is 3.75. The summed E-state index contributed by atoms with van der Waals surface area (Å²) < 4.78 is 27.3. The molecule has 1 N–H and O–H groups in total. The lowest BCUT2D eigenvalue weighted by molar-refractivity contribution is -0.114. The Balaban J connectivity index is 1.97. The Morgan fingerprint density at radius 3 is 2.39 bits per heavy atom. The van der Waals surface area contributed by atoms with Crippen LogP contribution < -0.4 is 9.62 Å². The summed E-state index contributed by atoms with van der Waals surface area (Å²) in [5, 5.41) is 3.09. The first kappa shape index (κ1) is 20.1. The van der Waals surface area contributed by atoms with Crippen LogP contribution in [0.25, 0.3) is 0 Å². The van der Waals surface area contributed by atoms with Crippen molar-refractivity contribution in [3.05, 3.63) is 83.1 Å². The van der Waals surface area contributed by atoms with Gasteiger partial charge in [0, 0.05) is 6.20 Å². The maximum atomic E-state index is 13.2. The van der Waals surface area contributed by atoms with Gasteiger partial charge < -0.3 is 5.32 Å². The van der Waals surface area contributed by atoms with Crippen LogP contribution in [0.3, 0.4) is 0 Å². The Hall–Kier alpha value is -2.61. The zero-order valence-electron chi connectivity index (χ0n) is 14.4. The second-order valence-corrected chi connectivity index (χ2v) is 8.39. The molecule has 9 heteroatoms. The zero-order chi connectivity index (χ0) is 20.1. The van der Waals surface area contributed by atoms with Crippen LogP contribution in [-0.2, 0) is 14.8 Å². The third-order valence-corrected chi connectivity index (χ3v) is 6.28. The molecule has 1 amide bonds. The lowest BCUT2D eigenvalue weighted by atomic mass is 10.3. The minimum Gasteiger partial charge on any atom is -0.323 e. The molecule has 0 unspecified atom stereocenters. The number of carbonyl (C=O) groups is 1. The first-order valence-corrected chi connectivity index (χ1v) is 10.3. The van der Waals surface area contributed by atoms with Crippen molar-refractivity contribution in [3.63, 3.8) is 0 Å². The van der Waals surface area contributed by atoms with Crippen molar-refractivity contribution < 1.29 is 13.2 Å². The Labute approximate surface area is 172 Å². The van der Waals surface area contributed by atoms with E-state index in [1.54, 1.807) is 36.5 Å². The third kappa shape index (κ3) is 4.62. The number of amides is 1. The van der Waals surface area contributed by atoms with Crippen LogP contribution in [0, 0.1) is 0 Å². The van der Waals surface area contributed by atoms with Gasteiger partial charge in [-0.15, -0.1) is 0 Å². The number of rotatable bonds is 6. The molecule has 0 aliphatic carbocycles. The van der Waals surface area contributed by atoms with E-state index in [1.165, 1.54) is 36.5 Å². The smallest absolute Gasteiger partial charge is 0.264 e. The van der Waals surface area contributed by atoms with Gasteiger partial charge in [0.2, 0.25) is 5.91 Å². The molecule has 6 nitrogen and oxygen atoms in total. The number of nitrogens with one attached hydrogen (secondary N) is 1.